The van der Waals surface area contributed by atoms with Crippen LogP contribution in [0.1, 0.15) is 12.8 Å². The minimum absolute atomic E-state index is 0.177. The highest BCUT2D eigenvalue weighted by molar-refractivity contribution is 5.71. The molecule has 86 valence electrons. The van der Waals surface area contributed by atoms with Gasteiger partial charge in [0.2, 0.25) is 0 Å². The lowest BCUT2D eigenvalue weighted by atomic mass is 9.90. The molecule has 1 fully saturated rings. The van der Waals surface area contributed by atoms with Crippen LogP contribution < -0.4 is 5.32 Å². The van der Waals surface area contributed by atoms with Gasteiger partial charge >= 0.3 is 11.9 Å². The average molecular weight is 215 g/mol. The summed E-state index contributed by atoms with van der Waals surface area (Å²) < 4.78 is 9.22. The van der Waals surface area contributed by atoms with Gasteiger partial charge in [-0.25, -0.2) is 0 Å². The molecule has 0 amide bonds. The van der Waals surface area contributed by atoms with Crippen molar-refractivity contribution < 1.29 is 19.1 Å². The summed E-state index contributed by atoms with van der Waals surface area (Å²) in [5.74, 6) is -0.0924. The van der Waals surface area contributed by atoms with E-state index >= 15 is 0 Å². The lowest BCUT2D eigenvalue weighted by Crippen LogP contribution is -2.20. The molecular formula is C10H17NO4. The number of hydrogen-bond acceptors (Lipinski definition) is 5. The Kier molecular flexibility index (Phi) is 4.55. The Bertz CT molecular complexity index is 218. The molecule has 1 rings (SSSR count). The molecule has 1 N–H and O–H groups in total. The van der Waals surface area contributed by atoms with Crippen molar-refractivity contribution in [2.75, 3.05) is 27.3 Å². The largest absolute Gasteiger partial charge is 0.469 e. The van der Waals surface area contributed by atoms with Crippen molar-refractivity contribution in [3.8, 4) is 0 Å². The van der Waals surface area contributed by atoms with Crippen molar-refractivity contribution in [3.63, 3.8) is 0 Å². The van der Waals surface area contributed by atoms with Gasteiger partial charge < -0.3 is 14.8 Å². The van der Waals surface area contributed by atoms with Crippen molar-refractivity contribution in [3.05, 3.63) is 0 Å². The van der Waals surface area contributed by atoms with E-state index in [1.54, 1.807) is 0 Å². The Hall–Kier alpha value is -1.10. The molecule has 15 heavy (non-hydrogen) atoms. The van der Waals surface area contributed by atoms with E-state index in [1.807, 2.05) is 0 Å². The van der Waals surface area contributed by atoms with Crippen LogP contribution in [0, 0.1) is 11.8 Å². The first-order chi connectivity index (χ1) is 7.17. The standard InChI is InChI=1S/C10H17NO4/c1-14-9(12)3-7-5-11-6-8(7)4-10(13)15-2/h7-8,11H,3-6H2,1-2H3. The molecule has 0 aromatic heterocycles. The van der Waals surface area contributed by atoms with Crippen LogP contribution in [0.5, 0.6) is 0 Å². The van der Waals surface area contributed by atoms with Crippen LogP contribution in [0.25, 0.3) is 0 Å². The summed E-state index contributed by atoms with van der Waals surface area (Å²) in [5.41, 5.74) is 0. The summed E-state index contributed by atoms with van der Waals surface area (Å²) in [6.45, 7) is 1.52. The van der Waals surface area contributed by atoms with Crippen LogP contribution in [0.4, 0.5) is 0 Å². The van der Waals surface area contributed by atoms with E-state index in [0.29, 0.717) is 12.8 Å². The molecule has 5 nitrogen and oxygen atoms in total. The molecular weight excluding hydrogens is 198 g/mol. The molecule has 1 aliphatic heterocycles. The Labute approximate surface area is 89.1 Å². The summed E-state index contributed by atoms with van der Waals surface area (Å²) in [6, 6.07) is 0. The zero-order chi connectivity index (χ0) is 11.3. The van der Waals surface area contributed by atoms with Crippen molar-refractivity contribution in [2.45, 2.75) is 12.8 Å². The van der Waals surface area contributed by atoms with Crippen LogP contribution >= 0.6 is 0 Å². The average Bonchev–Trinajstić information content (AvgIpc) is 2.65. The van der Waals surface area contributed by atoms with Gasteiger partial charge in [-0.05, 0) is 24.9 Å². The third-order valence-electron chi connectivity index (χ3n) is 2.79. The van der Waals surface area contributed by atoms with E-state index in [2.05, 4.69) is 14.8 Å². The fourth-order valence-electron chi connectivity index (χ4n) is 1.86. The van der Waals surface area contributed by atoms with Crippen LogP contribution in [0.15, 0.2) is 0 Å². The molecule has 0 aromatic rings. The number of carbonyl (C=O) groups is 2. The number of nitrogens with one attached hydrogen (secondary N) is 1. The third-order valence-corrected chi connectivity index (χ3v) is 2.79. The third kappa shape index (κ3) is 3.51. The first-order valence-corrected chi connectivity index (χ1v) is 5.01. The summed E-state index contributed by atoms with van der Waals surface area (Å²) in [4.78, 5) is 22.2. The highest BCUT2D eigenvalue weighted by Crippen LogP contribution is 2.24. The number of methoxy groups -OCH3 is 2. The van der Waals surface area contributed by atoms with E-state index < -0.39 is 0 Å². The van der Waals surface area contributed by atoms with Crippen molar-refractivity contribution in [1.29, 1.82) is 0 Å². The normalized spacial score (nSPS) is 24.9. The molecule has 0 aromatic carbocycles. The number of hydrogen-bond donors (Lipinski definition) is 1. The molecule has 0 spiro atoms. The minimum atomic E-state index is -0.224. The zero-order valence-electron chi connectivity index (χ0n) is 9.12. The second kappa shape index (κ2) is 5.70. The molecule has 0 bridgehead atoms. The predicted molar refractivity (Wildman–Crippen MR) is 53.1 cm³/mol. The second-order valence-corrected chi connectivity index (χ2v) is 3.74. The van der Waals surface area contributed by atoms with Gasteiger partial charge in [-0.15, -0.1) is 0 Å². The van der Waals surface area contributed by atoms with Gasteiger partial charge in [0.1, 0.15) is 0 Å². The van der Waals surface area contributed by atoms with E-state index in [-0.39, 0.29) is 23.8 Å². The first kappa shape index (κ1) is 12.0. The maximum absolute atomic E-state index is 11.1. The summed E-state index contributed by atoms with van der Waals surface area (Å²) in [7, 11) is 2.75. The van der Waals surface area contributed by atoms with E-state index in [0.717, 1.165) is 13.1 Å². The minimum Gasteiger partial charge on any atom is -0.469 e. The van der Waals surface area contributed by atoms with Gasteiger partial charge in [-0.2, -0.15) is 0 Å². The summed E-state index contributed by atoms with van der Waals surface area (Å²) in [6.07, 6.45) is 0.732. The molecule has 1 saturated heterocycles. The van der Waals surface area contributed by atoms with E-state index in [1.165, 1.54) is 14.2 Å². The van der Waals surface area contributed by atoms with Crippen LogP contribution in [0.2, 0.25) is 0 Å². The van der Waals surface area contributed by atoms with Gasteiger partial charge in [0, 0.05) is 12.8 Å². The fourth-order valence-corrected chi connectivity index (χ4v) is 1.86. The molecule has 2 atom stereocenters. The Morgan fingerprint density at radius 3 is 1.80 bits per heavy atom. The van der Waals surface area contributed by atoms with Crippen molar-refractivity contribution in [2.24, 2.45) is 11.8 Å². The Balaban J connectivity index is 2.42. The molecule has 2 unspecified atom stereocenters. The topological polar surface area (TPSA) is 64.6 Å². The fraction of sp³-hybridized carbons (Fsp3) is 0.800. The van der Waals surface area contributed by atoms with E-state index in [9.17, 15) is 9.59 Å². The Morgan fingerprint density at radius 1 is 1.07 bits per heavy atom. The number of ether oxygens (including phenoxy) is 2. The quantitative estimate of drug-likeness (QED) is 0.666. The lowest BCUT2D eigenvalue weighted by Gasteiger charge is -2.15. The van der Waals surface area contributed by atoms with Crippen LogP contribution in [-0.2, 0) is 19.1 Å². The van der Waals surface area contributed by atoms with Crippen LogP contribution in [-0.4, -0.2) is 39.2 Å². The molecule has 5 heteroatoms. The number of carbonyl (C=O) groups excluding carboxylic acids is 2. The first-order valence-electron chi connectivity index (χ1n) is 5.01. The molecule has 0 saturated carbocycles. The van der Waals surface area contributed by atoms with Gasteiger partial charge in [-0.1, -0.05) is 0 Å². The maximum atomic E-state index is 11.1. The van der Waals surface area contributed by atoms with E-state index in [4.69, 9.17) is 0 Å². The van der Waals surface area contributed by atoms with Gasteiger partial charge in [0.05, 0.1) is 14.2 Å². The molecule has 0 radical (unpaired) electrons. The molecule has 0 aliphatic carbocycles. The molecule has 1 aliphatic rings. The number of esters is 2. The monoisotopic (exact) mass is 215 g/mol. The lowest BCUT2D eigenvalue weighted by molar-refractivity contribution is -0.144. The summed E-state index contributed by atoms with van der Waals surface area (Å²) >= 11 is 0. The second-order valence-electron chi connectivity index (χ2n) is 3.74. The smallest absolute Gasteiger partial charge is 0.305 e. The predicted octanol–water partition coefficient (Wildman–Crippen LogP) is -0.0518. The highest BCUT2D eigenvalue weighted by atomic mass is 16.5. The maximum Gasteiger partial charge on any atom is 0.305 e. The van der Waals surface area contributed by atoms with Gasteiger partial charge in [0.15, 0.2) is 0 Å². The van der Waals surface area contributed by atoms with Crippen molar-refractivity contribution in [1.82, 2.24) is 5.32 Å². The zero-order valence-corrected chi connectivity index (χ0v) is 9.12. The van der Waals surface area contributed by atoms with Gasteiger partial charge in [-0.3, -0.25) is 9.59 Å². The van der Waals surface area contributed by atoms with Crippen LogP contribution in [0.3, 0.4) is 0 Å². The van der Waals surface area contributed by atoms with Crippen molar-refractivity contribution >= 4 is 11.9 Å². The summed E-state index contributed by atoms with van der Waals surface area (Å²) in [5, 5.41) is 3.17. The molecule has 1 heterocycles. The Morgan fingerprint density at radius 2 is 1.47 bits per heavy atom. The number of rotatable bonds is 4. The van der Waals surface area contributed by atoms with Gasteiger partial charge in [0.25, 0.3) is 0 Å². The highest BCUT2D eigenvalue weighted by Gasteiger charge is 2.31. The SMILES string of the molecule is COC(=O)CC1CNCC1CC(=O)OC.